The lowest BCUT2D eigenvalue weighted by Gasteiger charge is -2.30. The number of carbonyl (C=O) groups is 2. The highest BCUT2D eigenvalue weighted by atomic mass is 16.5. The third-order valence-electron chi connectivity index (χ3n) is 5.04. The predicted octanol–water partition coefficient (Wildman–Crippen LogP) is 2.25. The summed E-state index contributed by atoms with van der Waals surface area (Å²) in [6, 6.07) is 9.50. The minimum Gasteiger partial charge on any atom is -0.462 e. The Bertz CT molecular complexity index is 879. The molecule has 0 bridgehead atoms. The lowest BCUT2D eigenvalue weighted by atomic mass is 10.00. The summed E-state index contributed by atoms with van der Waals surface area (Å²) in [6.07, 6.45) is 1.71. The second-order valence-electron chi connectivity index (χ2n) is 6.80. The van der Waals surface area contributed by atoms with Crippen LogP contribution in [0.4, 0.5) is 5.69 Å². The van der Waals surface area contributed by atoms with Crippen LogP contribution in [0.3, 0.4) is 0 Å². The van der Waals surface area contributed by atoms with Gasteiger partial charge < -0.3 is 19.3 Å². The first-order chi connectivity index (χ1) is 13.7. The van der Waals surface area contributed by atoms with Crippen molar-refractivity contribution in [2.24, 2.45) is 0 Å². The molecule has 2 aliphatic rings. The molecule has 0 spiro atoms. The Morgan fingerprint density at radius 3 is 2.75 bits per heavy atom. The van der Waals surface area contributed by atoms with Gasteiger partial charge in [-0.1, -0.05) is 12.1 Å². The molecule has 7 heteroatoms. The van der Waals surface area contributed by atoms with Gasteiger partial charge in [0.1, 0.15) is 0 Å². The summed E-state index contributed by atoms with van der Waals surface area (Å²) in [6.45, 7) is 5.44. The fraction of sp³-hybridized carbons (Fsp3) is 0.381. The first-order valence-corrected chi connectivity index (χ1v) is 9.54. The van der Waals surface area contributed by atoms with E-state index in [0.717, 1.165) is 16.9 Å². The number of carbonyl (C=O) groups excluding carboxylic acids is 2. The average molecular weight is 381 g/mol. The molecule has 2 aromatic rings. The summed E-state index contributed by atoms with van der Waals surface area (Å²) in [5, 5.41) is 0. The molecule has 0 N–H and O–H groups in total. The molecule has 2 aliphatic heterocycles. The molecule has 1 aromatic carbocycles. The number of amides is 1. The third-order valence-corrected chi connectivity index (χ3v) is 5.04. The zero-order valence-corrected chi connectivity index (χ0v) is 15.9. The van der Waals surface area contributed by atoms with Crippen LogP contribution in [0.1, 0.15) is 38.9 Å². The van der Waals surface area contributed by atoms with Crippen molar-refractivity contribution < 1.29 is 19.1 Å². The highest BCUT2D eigenvalue weighted by Crippen LogP contribution is 2.34. The number of anilines is 1. The molecular weight excluding hydrogens is 358 g/mol. The van der Waals surface area contributed by atoms with E-state index < -0.39 is 5.97 Å². The summed E-state index contributed by atoms with van der Waals surface area (Å²) in [5.41, 5.74) is 3.23. The SMILES string of the molecule is CCOC(=O)c1c(N2CCOCC2)ccc2c1C(=O)N(Cc1ccccn1)C2. The van der Waals surface area contributed by atoms with E-state index in [0.29, 0.717) is 50.5 Å². The maximum absolute atomic E-state index is 13.2. The lowest BCUT2D eigenvalue weighted by Crippen LogP contribution is -2.37. The van der Waals surface area contributed by atoms with E-state index in [-0.39, 0.29) is 12.5 Å². The van der Waals surface area contributed by atoms with E-state index in [2.05, 4.69) is 9.88 Å². The highest BCUT2D eigenvalue weighted by molar-refractivity contribution is 6.11. The number of hydrogen-bond acceptors (Lipinski definition) is 6. The van der Waals surface area contributed by atoms with Gasteiger partial charge in [-0.25, -0.2) is 4.79 Å². The van der Waals surface area contributed by atoms with Crippen LogP contribution in [0.5, 0.6) is 0 Å². The maximum atomic E-state index is 13.2. The summed E-state index contributed by atoms with van der Waals surface area (Å²) < 4.78 is 10.7. The van der Waals surface area contributed by atoms with E-state index >= 15 is 0 Å². The number of pyridine rings is 1. The average Bonchev–Trinajstić information content (AvgIpc) is 3.04. The Balaban J connectivity index is 1.71. The van der Waals surface area contributed by atoms with Gasteiger partial charge in [0.25, 0.3) is 5.91 Å². The van der Waals surface area contributed by atoms with Crippen LogP contribution in [0.25, 0.3) is 0 Å². The van der Waals surface area contributed by atoms with Crippen LogP contribution in [-0.4, -0.2) is 54.7 Å². The third kappa shape index (κ3) is 3.45. The summed E-state index contributed by atoms with van der Waals surface area (Å²) in [5.74, 6) is -0.604. The molecule has 0 aliphatic carbocycles. The number of aromatic nitrogens is 1. The minimum atomic E-state index is -0.450. The topological polar surface area (TPSA) is 72.0 Å². The van der Waals surface area contributed by atoms with Crippen molar-refractivity contribution in [3.05, 3.63) is 58.9 Å². The molecular formula is C21H23N3O4. The van der Waals surface area contributed by atoms with Crippen molar-refractivity contribution in [1.82, 2.24) is 9.88 Å². The number of ether oxygens (including phenoxy) is 2. The van der Waals surface area contributed by atoms with Crippen molar-refractivity contribution in [2.45, 2.75) is 20.0 Å². The molecule has 1 saturated heterocycles. The van der Waals surface area contributed by atoms with Crippen molar-refractivity contribution in [1.29, 1.82) is 0 Å². The first-order valence-electron chi connectivity index (χ1n) is 9.54. The largest absolute Gasteiger partial charge is 0.462 e. The first kappa shape index (κ1) is 18.4. The second-order valence-corrected chi connectivity index (χ2v) is 6.80. The molecule has 28 heavy (non-hydrogen) atoms. The van der Waals surface area contributed by atoms with Crippen LogP contribution in [0.15, 0.2) is 36.5 Å². The summed E-state index contributed by atoms with van der Waals surface area (Å²) >= 11 is 0. The molecule has 1 aromatic heterocycles. The zero-order chi connectivity index (χ0) is 19.5. The Morgan fingerprint density at radius 1 is 1.21 bits per heavy atom. The lowest BCUT2D eigenvalue weighted by molar-refractivity contribution is 0.0520. The van der Waals surface area contributed by atoms with Crippen molar-refractivity contribution in [3.8, 4) is 0 Å². The van der Waals surface area contributed by atoms with Crippen molar-refractivity contribution in [3.63, 3.8) is 0 Å². The van der Waals surface area contributed by atoms with Crippen LogP contribution in [-0.2, 0) is 22.6 Å². The normalized spacial score (nSPS) is 16.2. The Morgan fingerprint density at radius 2 is 2.04 bits per heavy atom. The molecule has 0 unspecified atom stereocenters. The smallest absolute Gasteiger partial charge is 0.341 e. The molecule has 1 fully saturated rings. The quantitative estimate of drug-likeness (QED) is 0.740. The Hall–Kier alpha value is -2.93. The monoisotopic (exact) mass is 381 g/mol. The summed E-state index contributed by atoms with van der Waals surface area (Å²) in [4.78, 5) is 34.1. The van der Waals surface area contributed by atoms with Crippen LogP contribution in [0.2, 0.25) is 0 Å². The van der Waals surface area contributed by atoms with Crippen LogP contribution in [0, 0.1) is 0 Å². The molecule has 146 valence electrons. The maximum Gasteiger partial charge on any atom is 0.341 e. The number of rotatable bonds is 5. The number of fused-ring (bicyclic) bond motifs is 1. The summed E-state index contributed by atoms with van der Waals surface area (Å²) in [7, 11) is 0. The van der Waals surface area contributed by atoms with Gasteiger partial charge in [0, 0.05) is 25.8 Å². The Labute approximate surface area is 163 Å². The van der Waals surface area contributed by atoms with E-state index in [1.807, 2.05) is 30.3 Å². The molecule has 0 atom stereocenters. The molecule has 0 saturated carbocycles. The predicted molar refractivity (Wildman–Crippen MR) is 103 cm³/mol. The fourth-order valence-corrected chi connectivity index (χ4v) is 3.74. The number of morpholine rings is 1. The van der Waals surface area contributed by atoms with Crippen LogP contribution < -0.4 is 4.90 Å². The molecule has 0 radical (unpaired) electrons. The van der Waals surface area contributed by atoms with Crippen molar-refractivity contribution in [2.75, 3.05) is 37.8 Å². The molecule has 1 amide bonds. The van der Waals surface area contributed by atoms with E-state index in [1.165, 1.54) is 0 Å². The zero-order valence-electron chi connectivity index (χ0n) is 15.9. The van der Waals surface area contributed by atoms with E-state index in [4.69, 9.17) is 9.47 Å². The van der Waals surface area contributed by atoms with Gasteiger partial charge in [0.15, 0.2) is 0 Å². The van der Waals surface area contributed by atoms with Gasteiger partial charge in [0.2, 0.25) is 0 Å². The van der Waals surface area contributed by atoms with Gasteiger partial charge in [-0.2, -0.15) is 0 Å². The standard InChI is InChI=1S/C21H23N3O4/c1-2-28-21(26)19-17(23-9-11-27-12-10-23)7-6-15-13-24(20(25)18(15)19)14-16-5-3-4-8-22-16/h3-8H,2,9-14H2,1H3. The number of benzene rings is 1. The number of esters is 1. The minimum absolute atomic E-state index is 0.154. The van der Waals surface area contributed by atoms with Crippen molar-refractivity contribution >= 4 is 17.6 Å². The number of hydrogen-bond donors (Lipinski definition) is 0. The second kappa shape index (κ2) is 7.98. The highest BCUT2D eigenvalue weighted by Gasteiger charge is 2.35. The van der Waals surface area contributed by atoms with E-state index in [1.54, 1.807) is 18.0 Å². The van der Waals surface area contributed by atoms with Crippen LogP contribution >= 0.6 is 0 Å². The number of nitrogens with zero attached hydrogens (tertiary/aromatic N) is 3. The van der Waals surface area contributed by atoms with Gasteiger partial charge >= 0.3 is 5.97 Å². The van der Waals surface area contributed by atoms with Gasteiger partial charge in [0.05, 0.1) is 48.9 Å². The molecule has 3 heterocycles. The fourth-order valence-electron chi connectivity index (χ4n) is 3.74. The van der Waals surface area contributed by atoms with Gasteiger partial charge in [-0.05, 0) is 30.7 Å². The molecule has 4 rings (SSSR count). The molecule has 7 nitrogen and oxygen atoms in total. The van der Waals surface area contributed by atoms with Gasteiger partial charge in [-0.3, -0.25) is 9.78 Å². The Kier molecular flexibility index (Phi) is 5.25. The van der Waals surface area contributed by atoms with Gasteiger partial charge in [-0.15, -0.1) is 0 Å². The van der Waals surface area contributed by atoms with E-state index in [9.17, 15) is 9.59 Å².